The largest absolute Gasteiger partial charge is 0.309 e. The monoisotopic (exact) mass is 311 g/mol. The molecule has 0 saturated carbocycles. The summed E-state index contributed by atoms with van der Waals surface area (Å²) in [7, 11) is -3.04. The van der Waals surface area contributed by atoms with E-state index in [4.69, 9.17) is 0 Å². The van der Waals surface area contributed by atoms with Gasteiger partial charge in [-0.2, -0.15) is 0 Å². The lowest BCUT2D eigenvalue weighted by atomic mass is 10.0. The fraction of sp³-hybridized carbons (Fsp3) is 0.647. The molecular formula is C17H29NO2S. The van der Waals surface area contributed by atoms with Gasteiger partial charge in [-0.25, -0.2) is 8.42 Å². The van der Waals surface area contributed by atoms with Gasteiger partial charge in [0.1, 0.15) is 0 Å². The van der Waals surface area contributed by atoms with Gasteiger partial charge in [-0.05, 0) is 43.9 Å². The molecule has 0 radical (unpaired) electrons. The molecule has 1 atom stereocenters. The molecule has 1 unspecified atom stereocenters. The first kappa shape index (κ1) is 18.2. The van der Waals surface area contributed by atoms with Gasteiger partial charge in [0.2, 0.25) is 0 Å². The van der Waals surface area contributed by atoms with Crippen LogP contribution in [0.5, 0.6) is 0 Å². The molecule has 0 aliphatic rings. The van der Waals surface area contributed by atoms with Crippen molar-refractivity contribution in [3.8, 4) is 0 Å². The third-order valence-corrected chi connectivity index (χ3v) is 5.38. The molecule has 0 saturated heterocycles. The average molecular weight is 311 g/mol. The van der Waals surface area contributed by atoms with Gasteiger partial charge in [0.15, 0.2) is 9.84 Å². The summed E-state index contributed by atoms with van der Waals surface area (Å²) in [6.45, 7) is 11.0. The first-order valence-electron chi connectivity index (χ1n) is 7.76. The molecule has 0 heterocycles. The zero-order valence-electron chi connectivity index (χ0n) is 13.9. The second-order valence-corrected chi connectivity index (χ2v) is 8.50. The molecule has 4 heteroatoms. The van der Waals surface area contributed by atoms with E-state index < -0.39 is 9.84 Å². The number of sulfone groups is 1. The lowest BCUT2D eigenvalue weighted by molar-refractivity contribution is 0.547. The third kappa shape index (κ3) is 6.18. The fourth-order valence-corrected chi connectivity index (χ4v) is 4.28. The fourth-order valence-electron chi connectivity index (χ4n) is 2.47. The SMILES string of the molecule is CCNC(CS(=O)(=O)CCC(C)C)c1ccc(C)cc1C. The van der Waals surface area contributed by atoms with Crippen LogP contribution in [-0.4, -0.2) is 26.5 Å². The molecule has 1 aromatic rings. The lowest BCUT2D eigenvalue weighted by Gasteiger charge is -2.21. The van der Waals surface area contributed by atoms with Gasteiger partial charge >= 0.3 is 0 Å². The van der Waals surface area contributed by atoms with Crippen LogP contribution in [0.2, 0.25) is 0 Å². The molecule has 1 aromatic carbocycles. The van der Waals surface area contributed by atoms with Gasteiger partial charge in [0.05, 0.1) is 11.5 Å². The number of benzene rings is 1. The van der Waals surface area contributed by atoms with Crippen LogP contribution in [0.1, 0.15) is 49.9 Å². The quantitative estimate of drug-likeness (QED) is 0.800. The van der Waals surface area contributed by atoms with Crippen LogP contribution in [0.25, 0.3) is 0 Å². The Labute approximate surface area is 130 Å². The van der Waals surface area contributed by atoms with E-state index in [0.717, 1.165) is 24.1 Å². The molecule has 0 spiro atoms. The average Bonchev–Trinajstić information content (AvgIpc) is 2.36. The molecule has 0 amide bonds. The minimum Gasteiger partial charge on any atom is -0.309 e. The molecule has 120 valence electrons. The zero-order valence-corrected chi connectivity index (χ0v) is 14.8. The Morgan fingerprint density at radius 2 is 1.86 bits per heavy atom. The van der Waals surface area contributed by atoms with Crippen LogP contribution < -0.4 is 5.32 Å². The summed E-state index contributed by atoms with van der Waals surface area (Å²) >= 11 is 0. The Kier molecular flexibility index (Phi) is 6.88. The van der Waals surface area contributed by atoms with Crippen molar-refractivity contribution in [2.24, 2.45) is 5.92 Å². The summed E-state index contributed by atoms with van der Waals surface area (Å²) in [4.78, 5) is 0. The molecule has 0 fully saturated rings. The molecular weight excluding hydrogens is 282 g/mol. The topological polar surface area (TPSA) is 46.2 Å². The molecule has 1 N–H and O–H groups in total. The van der Waals surface area contributed by atoms with Crippen molar-refractivity contribution in [3.05, 3.63) is 34.9 Å². The highest BCUT2D eigenvalue weighted by Gasteiger charge is 2.21. The molecule has 0 aromatic heterocycles. The van der Waals surface area contributed by atoms with E-state index in [-0.39, 0.29) is 17.5 Å². The third-order valence-electron chi connectivity index (χ3n) is 3.68. The summed E-state index contributed by atoms with van der Waals surface area (Å²) < 4.78 is 24.7. The van der Waals surface area contributed by atoms with Crippen molar-refractivity contribution < 1.29 is 8.42 Å². The summed E-state index contributed by atoms with van der Waals surface area (Å²) in [5.41, 5.74) is 3.45. The first-order valence-corrected chi connectivity index (χ1v) is 9.58. The summed E-state index contributed by atoms with van der Waals surface area (Å²) in [5, 5.41) is 3.32. The van der Waals surface area contributed by atoms with Crippen LogP contribution in [-0.2, 0) is 9.84 Å². The molecule has 0 aliphatic heterocycles. The van der Waals surface area contributed by atoms with Crippen molar-refractivity contribution in [1.82, 2.24) is 5.32 Å². The van der Waals surface area contributed by atoms with Gasteiger partial charge < -0.3 is 5.32 Å². The van der Waals surface area contributed by atoms with E-state index >= 15 is 0 Å². The van der Waals surface area contributed by atoms with Crippen molar-refractivity contribution in [3.63, 3.8) is 0 Å². The number of rotatable bonds is 8. The standard InChI is InChI=1S/C17H29NO2S/c1-6-18-17(12-21(19,20)10-9-13(2)3)16-8-7-14(4)11-15(16)5/h7-8,11,13,17-18H,6,9-10,12H2,1-5H3. The van der Waals surface area contributed by atoms with Crippen LogP contribution in [0.3, 0.4) is 0 Å². The highest BCUT2D eigenvalue weighted by molar-refractivity contribution is 7.91. The summed E-state index contributed by atoms with van der Waals surface area (Å²) in [6, 6.07) is 6.09. The van der Waals surface area contributed by atoms with Gasteiger partial charge in [-0.1, -0.05) is 44.5 Å². The predicted molar refractivity (Wildman–Crippen MR) is 90.4 cm³/mol. The number of hydrogen-bond acceptors (Lipinski definition) is 3. The molecule has 0 bridgehead atoms. The maximum absolute atomic E-state index is 12.3. The van der Waals surface area contributed by atoms with Crippen LogP contribution in [0.4, 0.5) is 0 Å². The Morgan fingerprint density at radius 1 is 1.19 bits per heavy atom. The van der Waals surface area contributed by atoms with Crippen molar-refractivity contribution in [2.45, 2.75) is 47.1 Å². The van der Waals surface area contributed by atoms with Crippen molar-refractivity contribution >= 4 is 9.84 Å². The smallest absolute Gasteiger partial charge is 0.152 e. The molecule has 1 rings (SSSR count). The normalized spacial score (nSPS) is 13.6. The number of hydrogen-bond donors (Lipinski definition) is 1. The Bertz CT molecular complexity index is 550. The predicted octanol–water partition coefficient (Wildman–Crippen LogP) is 3.41. The zero-order chi connectivity index (χ0) is 16.0. The Hall–Kier alpha value is -0.870. The van der Waals surface area contributed by atoms with Gasteiger partial charge in [0.25, 0.3) is 0 Å². The van der Waals surface area contributed by atoms with E-state index in [0.29, 0.717) is 5.92 Å². The van der Waals surface area contributed by atoms with Crippen molar-refractivity contribution in [2.75, 3.05) is 18.1 Å². The first-order chi connectivity index (χ1) is 9.75. The Morgan fingerprint density at radius 3 is 2.38 bits per heavy atom. The summed E-state index contributed by atoms with van der Waals surface area (Å²) in [6.07, 6.45) is 0.730. The highest BCUT2D eigenvalue weighted by atomic mass is 32.2. The van der Waals surface area contributed by atoms with E-state index in [1.165, 1.54) is 5.56 Å². The van der Waals surface area contributed by atoms with Crippen LogP contribution in [0, 0.1) is 19.8 Å². The minimum absolute atomic E-state index is 0.118. The van der Waals surface area contributed by atoms with E-state index in [2.05, 4.69) is 38.2 Å². The van der Waals surface area contributed by atoms with Gasteiger partial charge in [-0.3, -0.25) is 0 Å². The van der Waals surface area contributed by atoms with Crippen LogP contribution >= 0.6 is 0 Å². The number of aryl methyl sites for hydroxylation is 2. The maximum Gasteiger partial charge on any atom is 0.152 e. The van der Waals surface area contributed by atoms with Crippen molar-refractivity contribution in [1.29, 1.82) is 0 Å². The minimum atomic E-state index is -3.04. The van der Waals surface area contributed by atoms with Gasteiger partial charge in [0, 0.05) is 6.04 Å². The summed E-state index contributed by atoms with van der Waals surface area (Å²) in [5.74, 6) is 0.869. The molecule has 21 heavy (non-hydrogen) atoms. The van der Waals surface area contributed by atoms with Gasteiger partial charge in [-0.15, -0.1) is 0 Å². The second kappa shape index (κ2) is 7.95. The van der Waals surface area contributed by atoms with E-state index in [9.17, 15) is 8.42 Å². The maximum atomic E-state index is 12.3. The van der Waals surface area contributed by atoms with E-state index in [1.54, 1.807) is 0 Å². The second-order valence-electron chi connectivity index (χ2n) is 6.27. The lowest BCUT2D eigenvalue weighted by Crippen LogP contribution is -2.30. The number of nitrogens with one attached hydrogen (secondary N) is 1. The Balaban J connectivity index is 2.91. The molecule has 3 nitrogen and oxygen atoms in total. The molecule has 0 aliphatic carbocycles. The highest BCUT2D eigenvalue weighted by Crippen LogP contribution is 2.21. The van der Waals surface area contributed by atoms with E-state index in [1.807, 2.05) is 19.9 Å². The van der Waals surface area contributed by atoms with Crippen LogP contribution in [0.15, 0.2) is 18.2 Å².